The standard InChI is InChI=1S/C25H34N4O3/c1-16(2)23(31)25(32)8-6-19(7-9-25)29-13-18(14-29)11-20(30)12-26-24-21-10-17(3)4-5-22(21)27-15-28-24/h4-5,10,15,18-19,23,31-32H,1,6-9,11-14H2,2-3H3,(H,26,27,28). The third-order valence-electron chi connectivity index (χ3n) is 7.06. The largest absolute Gasteiger partial charge is 0.387 e. The number of aliphatic hydroxyl groups is 2. The first kappa shape index (κ1) is 22.8. The van der Waals surface area contributed by atoms with Gasteiger partial charge in [0, 0.05) is 30.9 Å². The van der Waals surface area contributed by atoms with Crippen molar-refractivity contribution < 1.29 is 15.0 Å². The Hall–Kier alpha value is -2.35. The summed E-state index contributed by atoms with van der Waals surface area (Å²) in [7, 11) is 0. The molecule has 1 saturated heterocycles. The molecular formula is C25H34N4O3. The zero-order valence-corrected chi connectivity index (χ0v) is 19.0. The highest BCUT2D eigenvalue weighted by Gasteiger charge is 2.43. The van der Waals surface area contributed by atoms with Gasteiger partial charge >= 0.3 is 0 Å². The smallest absolute Gasteiger partial charge is 0.152 e. The molecule has 2 aromatic rings. The lowest BCUT2D eigenvalue weighted by Gasteiger charge is -2.49. The summed E-state index contributed by atoms with van der Waals surface area (Å²) in [5, 5.41) is 25.1. The van der Waals surface area contributed by atoms with E-state index < -0.39 is 11.7 Å². The molecule has 1 unspecified atom stereocenters. The fraction of sp³-hybridized carbons (Fsp3) is 0.560. The molecule has 0 spiro atoms. The molecule has 7 heteroatoms. The van der Waals surface area contributed by atoms with Gasteiger partial charge in [0.1, 0.15) is 18.2 Å². The van der Waals surface area contributed by atoms with Crippen LogP contribution in [0.3, 0.4) is 0 Å². The van der Waals surface area contributed by atoms with E-state index >= 15 is 0 Å². The third-order valence-corrected chi connectivity index (χ3v) is 7.06. The van der Waals surface area contributed by atoms with Crippen molar-refractivity contribution in [3.05, 3.63) is 42.2 Å². The third kappa shape index (κ3) is 4.85. The average molecular weight is 439 g/mol. The van der Waals surface area contributed by atoms with E-state index in [1.54, 1.807) is 6.92 Å². The normalized spacial score (nSPS) is 25.3. The van der Waals surface area contributed by atoms with Crippen LogP contribution in [0.25, 0.3) is 10.9 Å². The van der Waals surface area contributed by atoms with Gasteiger partial charge < -0.3 is 15.5 Å². The quantitative estimate of drug-likeness (QED) is 0.545. The SMILES string of the molecule is C=C(C)C(O)C1(O)CCC(N2CC(CC(=O)CNc3ncnc4ccc(C)cc34)C2)CC1. The molecule has 4 rings (SSSR count). The van der Waals surface area contributed by atoms with Crippen LogP contribution in [-0.4, -0.2) is 68.2 Å². The zero-order valence-electron chi connectivity index (χ0n) is 19.0. The van der Waals surface area contributed by atoms with Gasteiger partial charge in [0.2, 0.25) is 0 Å². The summed E-state index contributed by atoms with van der Waals surface area (Å²) in [6.07, 6.45) is 4.14. The van der Waals surface area contributed by atoms with Gasteiger partial charge in [-0.15, -0.1) is 0 Å². The fourth-order valence-corrected chi connectivity index (χ4v) is 5.12. The molecule has 1 aromatic carbocycles. The Morgan fingerprint density at radius 2 is 2.03 bits per heavy atom. The number of Topliss-reactive ketones (excluding diaryl/α,β-unsaturated/α-hetero) is 1. The maximum atomic E-state index is 12.5. The van der Waals surface area contributed by atoms with Crippen LogP contribution in [-0.2, 0) is 4.79 Å². The second kappa shape index (κ2) is 9.25. The summed E-state index contributed by atoms with van der Waals surface area (Å²) in [4.78, 5) is 23.6. The van der Waals surface area contributed by atoms with Crippen LogP contribution in [0.15, 0.2) is 36.7 Å². The van der Waals surface area contributed by atoms with Crippen molar-refractivity contribution in [2.75, 3.05) is 25.0 Å². The van der Waals surface area contributed by atoms with Gasteiger partial charge in [-0.2, -0.15) is 0 Å². The Morgan fingerprint density at radius 3 is 2.72 bits per heavy atom. The molecule has 2 heterocycles. The van der Waals surface area contributed by atoms with Gasteiger partial charge in [0.15, 0.2) is 5.78 Å². The van der Waals surface area contributed by atoms with E-state index in [1.807, 2.05) is 25.1 Å². The number of ketones is 1. The molecule has 3 N–H and O–H groups in total. The second-order valence-electron chi connectivity index (χ2n) is 9.74. The fourth-order valence-electron chi connectivity index (χ4n) is 5.12. The highest BCUT2D eigenvalue weighted by molar-refractivity contribution is 5.91. The molecule has 32 heavy (non-hydrogen) atoms. The Morgan fingerprint density at radius 1 is 1.31 bits per heavy atom. The van der Waals surface area contributed by atoms with Crippen LogP contribution in [0.4, 0.5) is 5.82 Å². The van der Waals surface area contributed by atoms with Gasteiger partial charge in [-0.1, -0.05) is 18.2 Å². The lowest BCUT2D eigenvalue weighted by Crippen LogP contribution is -2.56. The number of aliphatic hydroxyl groups excluding tert-OH is 1. The molecule has 7 nitrogen and oxygen atoms in total. The molecule has 0 amide bonds. The van der Waals surface area contributed by atoms with Crippen molar-refractivity contribution >= 4 is 22.5 Å². The molecule has 1 aromatic heterocycles. The molecule has 1 atom stereocenters. The molecule has 0 radical (unpaired) electrons. The van der Waals surface area contributed by atoms with E-state index in [4.69, 9.17) is 0 Å². The average Bonchev–Trinajstić information content (AvgIpc) is 2.74. The highest BCUT2D eigenvalue weighted by Crippen LogP contribution is 2.37. The van der Waals surface area contributed by atoms with Crippen molar-refractivity contribution in [1.82, 2.24) is 14.9 Å². The van der Waals surface area contributed by atoms with Crippen LogP contribution in [0.5, 0.6) is 0 Å². The molecular weight excluding hydrogens is 404 g/mol. The van der Waals surface area contributed by atoms with E-state index in [9.17, 15) is 15.0 Å². The molecule has 1 saturated carbocycles. The Kier molecular flexibility index (Phi) is 6.60. The molecule has 172 valence electrons. The molecule has 0 bridgehead atoms. The number of rotatable bonds is 8. The number of benzene rings is 1. The highest BCUT2D eigenvalue weighted by atomic mass is 16.3. The lowest BCUT2D eigenvalue weighted by atomic mass is 9.75. The van der Waals surface area contributed by atoms with Crippen LogP contribution >= 0.6 is 0 Å². The first-order chi connectivity index (χ1) is 15.2. The van der Waals surface area contributed by atoms with E-state index in [2.05, 4.69) is 26.8 Å². The van der Waals surface area contributed by atoms with Crippen molar-refractivity contribution in [2.24, 2.45) is 5.92 Å². The molecule has 1 aliphatic carbocycles. The number of carbonyl (C=O) groups excluding carboxylic acids is 1. The summed E-state index contributed by atoms with van der Waals surface area (Å²) >= 11 is 0. The number of fused-ring (bicyclic) bond motifs is 1. The number of nitrogens with zero attached hydrogens (tertiary/aromatic N) is 3. The van der Waals surface area contributed by atoms with Crippen molar-refractivity contribution in [2.45, 2.75) is 63.7 Å². The number of carbonyl (C=O) groups is 1. The van der Waals surface area contributed by atoms with Gasteiger partial charge in [0.05, 0.1) is 17.7 Å². The summed E-state index contributed by atoms with van der Waals surface area (Å²) in [6.45, 7) is 9.69. The minimum Gasteiger partial charge on any atom is -0.387 e. The van der Waals surface area contributed by atoms with Gasteiger partial charge in [-0.25, -0.2) is 9.97 Å². The predicted molar refractivity (Wildman–Crippen MR) is 125 cm³/mol. The maximum Gasteiger partial charge on any atom is 0.152 e. The number of likely N-dealkylation sites (tertiary alicyclic amines) is 1. The number of hydrogen-bond acceptors (Lipinski definition) is 7. The van der Waals surface area contributed by atoms with Gasteiger partial charge in [0.25, 0.3) is 0 Å². The minimum absolute atomic E-state index is 0.191. The van der Waals surface area contributed by atoms with Crippen molar-refractivity contribution in [3.8, 4) is 0 Å². The number of nitrogens with one attached hydrogen (secondary N) is 1. The Bertz CT molecular complexity index is 994. The first-order valence-electron chi connectivity index (χ1n) is 11.5. The first-order valence-corrected chi connectivity index (χ1v) is 11.5. The van der Waals surface area contributed by atoms with E-state index in [0.29, 0.717) is 42.6 Å². The number of anilines is 1. The van der Waals surface area contributed by atoms with Gasteiger partial charge in [-0.05, 0) is 63.2 Å². The summed E-state index contributed by atoms with van der Waals surface area (Å²) in [5.41, 5.74) is 1.57. The summed E-state index contributed by atoms with van der Waals surface area (Å²) < 4.78 is 0. The molecule has 2 fully saturated rings. The van der Waals surface area contributed by atoms with Gasteiger partial charge in [-0.3, -0.25) is 9.69 Å². The topological polar surface area (TPSA) is 98.6 Å². The van der Waals surface area contributed by atoms with E-state index in [-0.39, 0.29) is 12.3 Å². The lowest BCUT2D eigenvalue weighted by molar-refractivity contribution is -0.121. The monoisotopic (exact) mass is 438 g/mol. The van der Waals surface area contributed by atoms with Crippen molar-refractivity contribution in [1.29, 1.82) is 0 Å². The predicted octanol–water partition coefficient (Wildman–Crippen LogP) is 2.85. The molecule has 1 aliphatic heterocycles. The summed E-state index contributed by atoms with van der Waals surface area (Å²) in [5.74, 6) is 1.28. The van der Waals surface area contributed by atoms with Crippen LogP contribution < -0.4 is 5.32 Å². The maximum absolute atomic E-state index is 12.5. The van der Waals surface area contributed by atoms with E-state index in [0.717, 1.165) is 42.4 Å². The van der Waals surface area contributed by atoms with Crippen molar-refractivity contribution in [3.63, 3.8) is 0 Å². The number of aryl methyl sites for hydroxylation is 1. The van der Waals surface area contributed by atoms with Crippen LogP contribution in [0.1, 0.15) is 44.6 Å². The number of hydrogen-bond donors (Lipinski definition) is 3. The van der Waals surface area contributed by atoms with E-state index in [1.165, 1.54) is 6.33 Å². The minimum atomic E-state index is -1.04. The number of aromatic nitrogens is 2. The molecule has 2 aliphatic rings. The summed E-state index contributed by atoms with van der Waals surface area (Å²) in [6, 6.07) is 6.44. The Labute approximate surface area is 189 Å². The zero-order chi connectivity index (χ0) is 22.9. The Balaban J connectivity index is 1.21. The van der Waals surface area contributed by atoms with Crippen LogP contribution in [0.2, 0.25) is 0 Å². The second-order valence-corrected chi connectivity index (χ2v) is 9.74. The van der Waals surface area contributed by atoms with Crippen LogP contribution in [0, 0.1) is 12.8 Å².